The Hall–Kier alpha value is -1.31. The second-order valence-corrected chi connectivity index (χ2v) is 7.30. The van der Waals surface area contributed by atoms with Gasteiger partial charge in [0.15, 0.2) is 0 Å². The first-order valence-electron chi connectivity index (χ1n) is 6.16. The first kappa shape index (κ1) is 15.7. The molecule has 1 heterocycles. The molecule has 1 unspecified atom stereocenters. The molecule has 2 N–H and O–H groups in total. The third kappa shape index (κ3) is 5.06. The van der Waals surface area contributed by atoms with Gasteiger partial charge in [0.2, 0.25) is 0 Å². The van der Waals surface area contributed by atoms with Crippen LogP contribution in [0, 0.1) is 5.92 Å². The summed E-state index contributed by atoms with van der Waals surface area (Å²) >= 11 is 0. The minimum atomic E-state index is -2.94. The molecule has 1 saturated heterocycles. The predicted octanol–water partition coefficient (Wildman–Crippen LogP) is -0.0743. The Morgan fingerprint density at radius 2 is 1.89 bits per heavy atom. The number of urea groups is 1. The summed E-state index contributed by atoms with van der Waals surface area (Å²) in [4.78, 5) is 23.8. The number of nitrogens with one attached hydrogen (secondary N) is 1. The first-order chi connectivity index (χ1) is 8.71. The molecule has 0 saturated carbocycles. The lowest BCUT2D eigenvalue weighted by Gasteiger charge is -2.26. The number of carboxylic acid groups (broad SMARTS) is 1. The lowest BCUT2D eigenvalue weighted by atomic mass is 10.1. The van der Waals surface area contributed by atoms with E-state index in [1.54, 1.807) is 0 Å². The van der Waals surface area contributed by atoms with Crippen molar-refractivity contribution >= 4 is 21.8 Å². The second kappa shape index (κ2) is 6.23. The maximum absolute atomic E-state index is 11.8. The van der Waals surface area contributed by atoms with Crippen LogP contribution in [0.5, 0.6) is 0 Å². The van der Waals surface area contributed by atoms with Crippen molar-refractivity contribution in [3.63, 3.8) is 0 Å². The first-order valence-corrected chi connectivity index (χ1v) is 7.98. The van der Waals surface area contributed by atoms with Crippen LogP contribution in [0.15, 0.2) is 0 Å². The van der Waals surface area contributed by atoms with Gasteiger partial charge in [0.05, 0.1) is 17.4 Å². The van der Waals surface area contributed by atoms with Crippen LogP contribution in [0.1, 0.15) is 19.8 Å². The highest BCUT2D eigenvalue weighted by Crippen LogP contribution is 2.12. The molecule has 0 aromatic heterocycles. The molecule has 1 aliphatic rings. The van der Waals surface area contributed by atoms with Crippen molar-refractivity contribution in [2.75, 3.05) is 25.1 Å². The molecule has 0 aromatic rings. The van der Waals surface area contributed by atoms with Gasteiger partial charge in [-0.2, -0.15) is 0 Å². The summed E-state index contributed by atoms with van der Waals surface area (Å²) in [6.45, 7) is 1.64. The zero-order chi connectivity index (χ0) is 14.6. The Morgan fingerprint density at radius 1 is 1.37 bits per heavy atom. The average Bonchev–Trinajstić information content (AvgIpc) is 2.31. The molecule has 8 heteroatoms. The van der Waals surface area contributed by atoms with Crippen LogP contribution < -0.4 is 5.32 Å². The van der Waals surface area contributed by atoms with Gasteiger partial charge < -0.3 is 15.3 Å². The monoisotopic (exact) mass is 292 g/mol. The summed E-state index contributed by atoms with van der Waals surface area (Å²) in [5, 5.41) is 11.5. The predicted molar refractivity (Wildman–Crippen MR) is 69.6 cm³/mol. The molecule has 0 bridgehead atoms. The molecule has 7 nitrogen and oxygen atoms in total. The number of nitrogens with zero attached hydrogens (tertiary/aromatic N) is 1. The number of sulfone groups is 1. The van der Waals surface area contributed by atoms with Crippen molar-refractivity contribution < 1.29 is 23.1 Å². The van der Waals surface area contributed by atoms with E-state index < -0.39 is 21.7 Å². The van der Waals surface area contributed by atoms with Crippen molar-refractivity contribution in [2.24, 2.45) is 5.92 Å². The smallest absolute Gasteiger partial charge is 0.317 e. The number of rotatable bonds is 4. The molecule has 110 valence electrons. The van der Waals surface area contributed by atoms with Crippen molar-refractivity contribution in [3.8, 4) is 0 Å². The highest BCUT2D eigenvalue weighted by Gasteiger charge is 2.26. The van der Waals surface area contributed by atoms with Gasteiger partial charge in [-0.15, -0.1) is 0 Å². The van der Waals surface area contributed by atoms with E-state index in [0.717, 1.165) is 0 Å². The summed E-state index contributed by atoms with van der Waals surface area (Å²) in [5.74, 6) is -1.41. The van der Waals surface area contributed by atoms with Crippen LogP contribution in [-0.4, -0.2) is 61.6 Å². The number of hydrogen-bond donors (Lipinski definition) is 2. The number of carbonyl (C=O) groups excluding carboxylic acids is 1. The van der Waals surface area contributed by atoms with Crippen LogP contribution >= 0.6 is 0 Å². The molecule has 19 heavy (non-hydrogen) atoms. The zero-order valence-corrected chi connectivity index (χ0v) is 11.9. The summed E-state index contributed by atoms with van der Waals surface area (Å²) in [6, 6.07) is -0.518. The topological polar surface area (TPSA) is 104 Å². The largest absolute Gasteiger partial charge is 0.481 e. The van der Waals surface area contributed by atoms with Gasteiger partial charge in [0, 0.05) is 19.6 Å². The van der Waals surface area contributed by atoms with Gasteiger partial charge >= 0.3 is 12.0 Å². The Kier molecular flexibility index (Phi) is 5.16. The van der Waals surface area contributed by atoms with Crippen LogP contribution in [0.4, 0.5) is 4.79 Å². The average molecular weight is 292 g/mol. The highest BCUT2D eigenvalue weighted by molar-refractivity contribution is 7.91. The number of carbonyl (C=O) groups is 2. The van der Waals surface area contributed by atoms with E-state index in [-0.39, 0.29) is 30.1 Å². The molecule has 0 radical (unpaired) electrons. The minimum Gasteiger partial charge on any atom is -0.481 e. The molecular formula is C11H20N2O5S. The molecule has 0 aliphatic carbocycles. The number of hydrogen-bond acceptors (Lipinski definition) is 4. The van der Waals surface area contributed by atoms with Crippen molar-refractivity contribution in [1.29, 1.82) is 0 Å². The van der Waals surface area contributed by atoms with Crippen LogP contribution in [-0.2, 0) is 14.6 Å². The highest BCUT2D eigenvalue weighted by atomic mass is 32.2. The molecule has 1 rings (SSSR count). The van der Waals surface area contributed by atoms with Gasteiger partial charge in [0.25, 0.3) is 0 Å². The molecule has 1 aliphatic heterocycles. The normalized spacial score (nSPS) is 20.5. The third-order valence-electron chi connectivity index (χ3n) is 3.20. The standard InChI is InChI=1S/C11H20N2O5S/c1-8(10(14)15)7-13(2)11(16)12-9-3-5-19(17,18)6-4-9/h8-9H,3-7H2,1-2H3,(H,12,16)(H,14,15). The Balaban J connectivity index is 2.41. The van der Waals surface area contributed by atoms with E-state index in [2.05, 4.69) is 5.32 Å². The summed E-state index contributed by atoms with van der Waals surface area (Å²) in [7, 11) is -1.42. The maximum atomic E-state index is 11.8. The summed E-state index contributed by atoms with van der Waals surface area (Å²) in [6.07, 6.45) is 0.826. The van der Waals surface area contributed by atoms with E-state index in [9.17, 15) is 18.0 Å². The molecule has 2 amide bonds. The van der Waals surface area contributed by atoms with Gasteiger partial charge in [-0.25, -0.2) is 13.2 Å². The Labute approximate surface area is 112 Å². The van der Waals surface area contributed by atoms with E-state index in [4.69, 9.17) is 5.11 Å². The fourth-order valence-corrected chi connectivity index (χ4v) is 3.38. The second-order valence-electron chi connectivity index (χ2n) is 5.00. The SMILES string of the molecule is CC(CN(C)C(=O)NC1CCS(=O)(=O)CC1)C(=O)O. The van der Waals surface area contributed by atoms with E-state index in [0.29, 0.717) is 12.8 Å². The zero-order valence-electron chi connectivity index (χ0n) is 11.1. The van der Waals surface area contributed by atoms with Crippen LogP contribution in [0.3, 0.4) is 0 Å². The minimum absolute atomic E-state index is 0.0905. The quantitative estimate of drug-likeness (QED) is 0.754. The van der Waals surface area contributed by atoms with Gasteiger partial charge in [-0.3, -0.25) is 4.79 Å². The fourth-order valence-electron chi connectivity index (χ4n) is 1.89. The molecule has 0 spiro atoms. The molecular weight excluding hydrogens is 272 g/mol. The summed E-state index contributed by atoms with van der Waals surface area (Å²) < 4.78 is 22.5. The van der Waals surface area contributed by atoms with Crippen molar-refractivity contribution in [1.82, 2.24) is 10.2 Å². The number of aliphatic carboxylic acids is 1. The van der Waals surface area contributed by atoms with Crippen molar-refractivity contribution in [2.45, 2.75) is 25.8 Å². The van der Waals surface area contributed by atoms with Crippen LogP contribution in [0.2, 0.25) is 0 Å². The van der Waals surface area contributed by atoms with Gasteiger partial charge in [-0.1, -0.05) is 6.92 Å². The number of amides is 2. The fraction of sp³-hybridized carbons (Fsp3) is 0.818. The van der Waals surface area contributed by atoms with Crippen molar-refractivity contribution in [3.05, 3.63) is 0 Å². The summed E-state index contributed by atoms with van der Waals surface area (Å²) in [5.41, 5.74) is 0. The lowest BCUT2D eigenvalue weighted by molar-refractivity contribution is -0.141. The van der Waals surface area contributed by atoms with E-state index in [1.807, 2.05) is 0 Å². The maximum Gasteiger partial charge on any atom is 0.317 e. The van der Waals surface area contributed by atoms with E-state index in [1.165, 1.54) is 18.9 Å². The molecule has 1 atom stereocenters. The third-order valence-corrected chi connectivity index (χ3v) is 4.91. The van der Waals surface area contributed by atoms with E-state index >= 15 is 0 Å². The number of carboxylic acids is 1. The van der Waals surface area contributed by atoms with Gasteiger partial charge in [-0.05, 0) is 12.8 Å². The lowest BCUT2D eigenvalue weighted by Crippen LogP contribution is -2.47. The molecule has 0 aromatic carbocycles. The molecule has 1 fully saturated rings. The van der Waals surface area contributed by atoms with Gasteiger partial charge in [0.1, 0.15) is 9.84 Å². The van der Waals surface area contributed by atoms with Crippen LogP contribution in [0.25, 0.3) is 0 Å². The Bertz CT molecular complexity index is 434. The Morgan fingerprint density at radius 3 is 2.37 bits per heavy atom.